The Labute approximate surface area is 95.4 Å². The summed E-state index contributed by atoms with van der Waals surface area (Å²) < 4.78 is 0. The van der Waals surface area contributed by atoms with E-state index in [4.69, 9.17) is 17.3 Å². The summed E-state index contributed by atoms with van der Waals surface area (Å²) in [5.74, 6) is 0.227. The van der Waals surface area contributed by atoms with Gasteiger partial charge in [-0.3, -0.25) is 4.79 Å². The smallest absolute Gasteiger partial charge is 0.132 e. The van der Waals surface area contributed by atoms with Crippen molar-refractivity contribution in [3.63, 3.8) is 0 Å². The molecule has 0 fully saturated rings. The van der Waals surface area contributed by atoms with Crippen molar-refractivity contribution in [2.75, 3.05) is 5.73 Å². The minimum absolute atomic E-state index is 0.0316. The van der Waals surface area contributed by atoms with Crippen LogP contribution in [-0.2, 0) is 11.2 Å². The summed E-state index contributed by atoms with van der Waals surface area (Å²) in [6.07, 6.45) is 0.718. The first-order chi connectivity index (χ1) is 6.91. The maximum atomic E-state index is 11.1. The number of halogens is 1. The molecule has 82 valence electrons. The third-order valence-electron chi connectivity index (χ3n) is 2.63. The zero-order valence-electron chi connectivity index (χ0n) is 9.30. The van der Waals surface area contributed by atoms with Gasteiger partial charge in [-0.1, -0.05) is 24.6 Å². The van der Waals surface area contributed by atoms with Crippen LogP contribution in [-0.4, -0.2) is 5.78 Å². The molecule has 0 aliphatic heterocycles. The van der Waals surface area contributed by atoms with E-state index in [2.05, 4.69) is 0 Å². The predicted molar refractivity (Wildman–Crippen MR) is 64.2 cm³/mol. The standard InChI is InChI=1S/C12H16ClNO/c1-7(9(3)15)4-10-5-8(2)12(14)11(13)6-10/h5-7H,4,14H2,1-3H3/t7-/m1/s1. The second-order valence-corrected chi connectivity index (χ2v) is 4.43. The molecular formula is C12H16ClNO. The van der Waals surface area contributed by atoms with Gasteiger partial charge in [0.15, 0.2) is 0 Å². The monoisotopic (exact) mass is 225 g/mol. The number of nitrogens with two attached hydrogens (primary N) is 1. The van der Waals surface area contributed by atoms with Gasteiger partial charge in [0.2, 0.25) is 0 Å². The average molecular weight is 226 g/mol. The molecule has 0 radical (unpaired) electrons. The quantitative estimate of drug-likeness (QED) is 0.804. The Kier molecular flexibility index (Phi) is 3.75. The summed E-state index contributed by atoms with van der Waals surface area (Å²) in [4.78, 5) is 11.1. The lowest BCUT2D eigenvalue weighted by molar-refractivity contribution is -0.120. The van der Waals surface area contributed by atoms with Crippen LogP contribution < -0.4 is 5.73 Å². The van der Waals surface area contributed by atoms with E-state index in [0.717, 1.165) is 17.5 Å². The number of carbonyl (C=O) groups is 1. The number of nitrogen functional groups attached to an aromatic ring is 1. The summed E-state index contributed by atoms with van der Waals surface area (Å²) >= 11 is 5.97. The minimum Gasteiger partial charge on any atom is -0.397 e. The lowest BCUT2D eigenvalue weighted by Gasteiger charge is -2.10. The summed E-state index contributed by atoms with van der Waals surface area (Å²) in [5.41, 5.74) is 8.39. The Hall–Kier alpha value is -1.02. The van der Waals surface area contributed by atoms with Crippen molar-refractivity contribution in [1.82, 2.24) is 0 Å². The van der Waals surface area contributed by atoms with Crippen LogP contribution in [0.2, 0.25) is 5.02 Å². The first-order valence-electron chi connectivity index (χ1n) is 4.96. The van der Waals surface area contributed by atoms with Gasteiger partial charge in [-0.2, -0.15) is 0 Å². The summed E-state index contributed by atoms with van der Waals surface area (Å²) in [7, 11) is 0. The molecule has 2 nitrogen and oxygen atoms in total. The van der Waals surface area contributed by atoms with E-state index in [1.165, 1.54) is 0 Å². The highest BCUT2D eigenvalue weighted by Crippen LogP contribution is 2.25. The van der Waals surface area contributed by atoms with Crippen molar-refractivity contribution in [1.29, 1.82) is 0 Å². The van der Waals surface area contributed by atoms with E-state index in [1.807, 2.05) is 26.0 Å². The molecule has 0 unspecified atom stereocenters. The Morgan fingerprint density at radius 3 is 2.60 bits per heavy atom. The highest BCUT2D eigenvalue weighted by Gasteiger charge is 2.10. The van der Waals surface area contributed by atoms with Crippen LogP contribution in [0.3, 0.4) is 0 Å². The molecular weight excluding hydrogens is 210 g/mol. The maximum absolute atomic E-state index is 11.1. The third kappa shape index (κ3) is 2.96. The lowest BCUT2D eigenvalue weighted by atomic mass is 9.96. The minimum atomic E-state index is 0.0316. The topological polar surface area (TPSA) is 43.1 Å². The van der Waals surface area contributed by atoms with Gasteiger partial charge >= 0.3 is 0 Å². The molecule has 0 aromatic heterocycles. The largest absolute Gasteiger partial charge is 0.397 e. The zero-order valence-corrected chi connectivity index (χ0v) is 10.1. The van der Waals surface area contributed by atoms with E-state index in [1.54, 1.807) is 6.92 Å². The number of carbonyl (C=O) groups excluding carboxylic acids is 1. The van der Waals surface area contributed by atoms with Gasteiger partial charge in [-0.25, -0.2) is 0 Å². The van der Waals surface area contributed by atoms with Gasteiger partial charge in [-0.15, -0.1) is 0 Å². The molecule has 15 heavy (non-hydrogen) atoms. The molecule has 2 N–H and O–H groups in total. The average Bonchev–Trinajstić information content (AvgIpc) is 2.13. The van der Waals surface area contributed by atoms with Gasteiger partial charge in [0.25, 0.3) is 0 Å². The van der Waals surface area contributed by atoms with Gasteiger partial charge in [0.05, 0.1) is 10.7 Å². The Bertz CT molecular complexity index is 364. The number of aryl methyl sites for hydroxylation is 1. The molecule has 0 spiro atoms. The molecule has 3 heteroatoms. The van der Waals surface area contributed by atoms with Gasteiger partial charge < -0.3 is 5.73 Å². The third-order valence-corrected chi connectivity index (χ3v) is 2.94. The fourth-order valence-corrected chi connectivity index (χ4v) is 1.73. The number of ketones is 1. The second kappa shape index (κ2) is 4.67. The van der Waals surface area contributed by atoms with E-state index in [0.29, 0.717) is 10.7 Å². The van der Waals surface area contributed by atoms with Crippen LogP contribution in [0.15, 0.2) is 12.1 Å². The van der Waals surface area contributed by atoms with Crippen molar-refractivity contribution in [2.45, 2.75) is 27.2 Å². The Morgan fingerprint density at radius 2 is 2.13 bits per heavy atom. The second-order valence-electron chi connectivity index (χ2n) is 4.02. The summed E-state index contributed by atoms with van der Waals surface area (Å²) in [6, 6.07) is 3.82. The van der Waals surface area contributed by atoms with Crippen molar-refractivity contribution >= 4 is 23.1 Å². The van der Waals surface area contributed by atoms with Crippen molar-refractivity contribution < 1.29 is 4.79 Å². The lowest BCUT2D eigenvalue weighted by Crippen LogP contribution is -2.09. The maximum Gasteiger partial charge on any atom is 0.132 e. The number of hydrogen-bond donors (Lipinski definition) is 1. The molecule has 0 amide bonds. The first-order valence-corrected chi connectivity index (χ1v) is 5.34. The summed E-state index contributed by atoms with van der Waals surface area (Å²) in [5, 5.41) is 0.570. The van der Waals surface area contributed by atoms with Gasteiger partial charge in [0.1, 0.15) is 5.78 Å². The molecule has 1 atom stereocenters. The Morgan fingerprint density at radius 1 is 1.53 bits per heavy atom. The van der Waals surface area contributed by atoms with Crippen LogP contribution in [0.5, 0.6) is 0 Å². The molecule has 0 bridgehead atoms. The van der Waals surface area contributed by atoms with Crippen LogP contribution in [0, 0.1) is 12.8 Å². The van der Waals surface area contributed by atoms with E-state index in [-0.39, 0.29) is 11.7 Å². The zero-order chi connectivity index (χ0) is 11.6. The first kappa shape index (κ1) is 12.1. The van der Waals surface area contributed by atoms with Crippen LogP contribution >= 0.6 is 11.6 Å². The van der Waals surface area contributed by atoms with E-state index < -0.39 is 0 Å². The van der Waals surface area contributed by atoms with E-state index in [9.17, 15) is 4.79 Å². The molecule has 1 rings (SSSR count). The van der Waals surface area contributed by atoms with Crippen LogP contribution in [0.4, 0.5) is 5.69 Å². The van der Waals surface area contributed by atoms with Gasteiger partial charge in [0, 0.05) is 5.92 Å². The molecule has 0 aliphatic carbocycles. The van der Waals surface area contributed by atoms with Crippen molar-refractivity contribution in [3.8, 4) is 0 Å². The number of rotatable bonds is 3. The van der Waals surface area contributed by atoms with Gasteiger partial charge in [-0.05, 0) is 37.5 Å². The molecule has 1 aromatic rings. The number of anilines is 1. The highest BCUT2D eigenvalue weighted by molar-refractivity contribution is 6.33. The number of benzene rings is 1. The highest BCUT2D eigenvalue weighted by atomic mass is 35.5. The van der Waals surface area contributed by atoms with Crippen molar-refractivity contribution in [2.24, 2.45) is 5.92 Å². The predicted octanol–water partition coefficient (Wildman–Crippen LogP) is 3.00. The molecule has 1 aromatic carbocycles. The normalized spacial score (nSPS) is 12.5. The van der Waals surface area contributed by atoms with Crippen molar-refractivity contribution in [3.05, 3.63) is 28.3 Å². The fraction of sp³-hybridized carbons (Fsp3) is 0.417. The fourth-order valence-electron chi connectivity index (χ4n) is 1.44. The van der Waals surface area contributed by atoms with Crippen LogP contribution in [0.1, 0.15) is 25.0 Å². The molecule has 0 saturated carbocycles. The molecule has 0 saturated heterocycles. The van der Waals surface area contributed by atoms with Crippen LogP contribution in [0.25, 0.3) is 0 Å². The summed E-state index contributed by atoms with van der Waals surface area (Å²) in [6.45, 7) is 5.45. The van der Waals surface area contributed by atoms with E-state index >= 15 is 0 Å². The number of hydrogen-bond acceptors (Lipinski definition) is 2. The Balaban J connectivity index is 2.92. The SMILES string of the molecule is CC(=O)[C@H](C)Cc1cc(C)c(N)c(Cl)c1. The molecule has 0 heterocycles. The number of Topliss-reactive ketones (excluding diaryl/α,β-unsaturated/α-hetero) is 1. The molecule has 0 aliphatic rings.